The Labute approximate surface area is 217 Å². The molecule has 0 saturated carbocycles. The molecular weight excluding hydrogens is 560 g/mol. The Balaban J connectivity index is 1.79. The SMILES string of the molecule is Nc1ccc(Oc2c(F)c(F)c(C(=O)c3c(F)c(F)c(Oc4ccc(N)c(O)c4)c(F)c3F)c(F)c2F)cc1O. The molecule has 4 aromatic carbocycles. The summed E-state index contributed by atoms with van der Waals surface area (Å²) in [6.45, 7) is 0. The van der Waals surface area contributed by atoms with Crippen LogP contribution >= 0.6 is 0 Å². The molecule has 0 saturated heterocycles. The average molecular weight is 572 g/mol. The van der Waals surface area contributed by atoms with Crippen LogP contribution in [0.25, 0.3) is 0 Å². The summed E-state index contributed by atoms with van der Waals surface area (Å²) in [6, 6.07) is 5.32. The van der Waals surface area contributed by atoms with Gasteiger partial charge in [-0.3, -0.25) is 4.79 Å². The second-order valence-corrected chi connectivity index (χ2v) is 7.89. The Morgan fingerprint density at radius 1 is 0.550 bits per heavy atom. The summed E-state index contributed by atoms with van der Waals surface area (Å²) in [5, 5.41) is 19.1. The number of nitrogen functional groups attached to an aromatic ring is 2. The third kappa shape index (κ3) is 4.61. The lowest BCUT2D eigenvalue weighted by Gasteiger charge is -2.15. The number of aromatic hydroxyl groups is 2. The minimum atomic E-state index is -2.53. The number of ether oxygens (including phenoxy) is 2. The largest absolute Gasteiger partial charge is 0.506 e. The lowest BCUT2D eigenvalue weighted by atomic mass is 9.99. The highest BCUT2D eigenvalue weighted by Gasteiger charge is 2.37. The molecule has 7 nitrogen and oxygen atoms in total. The van der Waals surface area contributed by atoms with Gasteiger partial charge in [0.25, 0.3) is 0 Å². The second-order valence-electron chi connectivity index (χ2n) is 7.89. The molecule has 0 aliphatic carbocycles. The molecule has 0 heterocycles. The quantitative estimate of drug-likeness (QED) is 0.0713. The van der Waals surface area contributed by atoms with Crippen LogP contribution in [0.5, 0.6) is 34.5 Å². The van der Waals surface area contributed by atoms with Crippen molar-refractivity contribution >= 4 is 17.2 Å². The van der Waals surface area contributed by atoms with Crippen molar-refractivity contribution in [3.63, 3.8) is 0 Å². The normalized spacial score (nSPS) is 11.0. The number of hydrogen-bond donors (Lipinski definition) is 4. The van der Waals surface area contributed by atoms with E-state index in [1.165, 1.54) is 0 Å². The fourth-order valence-corrected chi connectivity index (χ4v) is 3.34. The summed E-state index contributed by atoms with van der Waals surface area (Å²) >= 11 is 0. The number of hydrogen-bond acceptors (Lipinski definition) is 7. The number of benzene rings is 4. The molecule has 15 heteroatoms. The molecule has 0 unspecified atom stereocenters. The molecule has 6 N–H and O–H groups in total. The van der Waals surface area contributed by atoms with Crippen LogP contribution < -0.4 is 20.9 Å². The topological polar surface area (TPSA) is 128 Å². The van der Waals surface area contributed by atoms with Gasteiger partial charge in [-0.1, -0.05) is 0 Å². The zero-order valence-electron chi connectivity index (χ0n) is 19.3. The number of ketones is 1. The van der Waals surface area contributed by atoms with E-state index in [1.807, 2.05) is 0 Å². The summed E-state index contributed by atoms with van der Waals surface area (Å²) in [7, 11) is 0. The van der Waals surface area contributed by atoms with Crippen molar-refractivity contribution in [2.24, 2.45) is 0 Å². The van der Waals surface area contributed by atoms with Crippen LogP contribution in [0.4, 0.5) is 46.5 Å². The second kappa shape index (κ2) is 10.2. The summed E-state index contributed by atoms with van der Waals surface area (Å²) in [5.41, 5.74) is 5.81. The molecule has 4 aromatic rings. The van der Waals surface area contributed by atoms with Crippen LogP contribution in [0.1, 0.15) is 15.9 Å². The number of rotatable bonds is 6. The van der Waals surface area contributed by atoms with Crippen molar-refractivity contribution in [3.8, 4) is 34.5 Å². The molecule has 0 fully saturated rings. The Morgan fingerprint density at radius 2 is 0.850 bits per heavy atom. The molecule has 0 bridgehead atoms. The van der Waals surface area contributed by atoms with Crippen LogP contribution in [0.15, 0.2) is 36.4 Å². The highest BCUT2D eigenvalue weighted by atomic mass is 19.2. The van der Waals surface area contributed by atoms with Crippen molar-refractivity contribution in [3.05, 3.63) is 94.1 Å². The van der Waals surface area contributed by atoms with E-state index < -0.39 is 97.9 Å². The van der Waals surface area contributed by atoms with Crippen molar-refractivity contribution in [1.29, 1.82) is 0 Å². The number of halogens is 8. The van der Waals surface area contributed by atoms with Gasteiger partial charge in [-0.05, 0) is 24.3 Å². The number of nitrogens with two attached hydrogens (primary N) is 2. The van der Waals surface area contributed by atoms with Gasteiger partial charge < -0.3 is 31.2 Å². The Morgan fingerprint density at radius 3 is 1.12 bits per heavy atom. The van der Waals surface area contributed by atoms with Gasteiger partial charge >= 0.3 is 0 Å². The van der Waals surface area contributed by atoms with E-state index in [1.54, 1.807) is 0 Å². The van der Waals surface area contributed by atoms with E-state index in [4.69, 9.17) is 11.5 Å². The van der Waals surface area contributed by atoms with Crippen LogP contribution in [-0.4, -0.2) is 16.0 Å². The van der Waals surface area contributed by atoms with Crippen LogP contribution in [-0.2, 0) is 0 Å². The summed E-state index contributed by atoms with van der Waals surface area (Å²) in [5.74, 6) is -28.1. The Hall–Kier alpha value is -5.21. The maximum atomic E-state index is 14.7. The van der Waals surface area contributed by atoms with Gasteiger partial charge in [-0.2, -0.15) is 17.6 Å². The molecular formula is C25H12F8N2O5. The maximum absolute atomic E-state index is 14.7. The molecule has 0 aliphatic heterocycles. The van der Waals surface area contributed by atoms with Crippen molar-refractivity contribution in [2.75, 3.05) is 11.5 Å². The lowest BCUT2D eigenvalue weighted by molar-refractivity contribution is 0.101. The number of anilines is 2. The number of carbonyl (C=O) groups is 1. The molecule has 0 atom stereocenters. The fourth-order valence-electron chi connectivity index (χ4n) is 3.34. The van der Waals surface area contributed by atoms with E-state index in [0.717, 1.165) is 36.4 Å². The van der Waals surface area contributed by atoms with Gasteiger partial charge in [-0.15, -0.1) is 0 Å². The molecule has 0 radical (unpaired) electrons. The molecule has 0 amide bonds. The standard InChI is InChI=1S/C25H12F8N2O5/c26-15-13(16(27)20(31)24(19(15)30)39-7-1-3-9(34)11(36)5-7)23(38)14-17(28)21(32)25(22(33)18(14)29)40-8-2-4-10(35)12(37)6-8/h1-6,36-37H,34-35H2. The van der Waals surface area contributed by atoms with Gasteiger partial charge in [0.1, 0.15) is 34.1 Å². The molecule has 0 aliphatic rings. The average Bonchev–Trinajstić information content (AvgIpc) is 2.91. The third-order valence-electron chi connectivity index (χ3n) is 5.34. The third-order valence-corrected chi connectivity index (χ3v) is 5.34. The highest BCUT2D eigenvalue weighted by Crippen LogP contribution is 2.39. The van der Waals surface area contributed by atoms with E-state index in [2.05, 4.69) is 9.47 Å². The Bertz CT molecular complexity index is 1530. The zero-order chi connectivity index (χ0) is 29.6. The first-order valence-electron chi connectivity index (χ1n) is 10.5. The van der Waals surface area contributed by atoms with Gasteiger partial charge in [0.05, 0.1) is 11.4 Å². The monoisotopic (exact) mass is 572 g/mol. The van der Waals surface area contributed by atoms with Crippen molar-refractivity contribution in [2.45, 2.75) is 0 Å². The minimum Gasteiger partial charge on any atom is -0.506 e. The van der Waals surface area contributed by atoms with Crippen LogP contribution in [0.3, 0.4) is 0 Å². The highest BCUT2D eigenvalue weighted by molar-refractivity contribution is 6.10. The smallest absolute Gasteiger partial charge is 0.205 e. The predicted octanol–water partition coefficient (Wildman–Crippen LogP) is 6.19. The van der Waals surface area contributed by atoms with Crippen molar-refractivity contribution < 1.29 is 59.6 Å². The first kappa shape index (κ1) is 27.8. The molecule has 0 spiro atoms. The van der Waals surface area contributed by atoms with Crippen molar-refractivity contribution in [1.82, 2.24) is 0 Å². The van der Waals surface area contributed by atoms with Gasteiger partial charge in [-0.25, -0.2) is 17.6 Å². The van der Waals surface area contributed by atoms with E-state index in [9.17, 15) is 50.1 Å². The molecule has 40 heavy (non-hydrogen) atoms. The first-order chi connectivity index (χ1) is 18.7. The number of carbonyl (C=O) groups excluding carboxylic acids is 1. The van der Waals surface area contributed by atoms with Crippen LogP contribution in [0.2, 0.25) is 0 Å². The predicted molar refractivity (Wildman–Crippen MR) is 121 cm³/mol. The lowest BCUT2D eigenvalue weighted by Crippen LogP contribution is -2.18. The van der Waals surface area contributed by atoms with Gasteiger partial charge in [0.2, 0.25) is 40.6 Å². The maximum Gasteiger partial charge on any atom is 0.205 e. The zero-order valence-corrected chi connectivity index (χ0v) is 19.3. The number of phenols is 2. The van der Waals surface area contributed by atoms with E-state index in [0.29, 0.717) is 0 Å². The molecule has 0 aromatic heterocycles. The first-order valence-corrected chi connectivity index (χ1v) is 10.5. The Kier molecular flexibility index (Phi) is 7.07. The summed E-state index contributed by atoms with van der Waals surface area (Å²) < 4.78 is 127. The number of phenolic OH excluding ortho intramolecular Hbond substituents is 2. The minimum absolute atomic E-state index is 0.196. The van der Waals surface area contributed by atoms with E-state index >= 15 is 0 Å². The van der Waals surface area contributed by atoms with E-state index in [-0.39, 0.29) is 11.4 Å². The summed E-state index contributed by atoms with van der Waals surface area (Å²) in [6.07, 6.45) is 0. The van der Waals surface area contributed by atoms with Crippen LogP contribution in [0, 0.1) is 46.5 Å². The van der Waals surface area contributed by atoms with Gasteiger partial charge in [0, 0.05) is 12.1 Å². The van der Waals surface area contributed by atoms with Gasteiger partial charge in [0.15, 0.2) is 23.3 Å². The molecule has 4 rings (SSSR count). The molecule has 208 valence electrons. The fraction of sp³-hybridized carbons (Fsp3) is 0. The summed E-state index contributed by atoms with van der Waals surface area (Å²) in [4.78, 5) is 12.6.